The van der Waals surface area contributed by atoms with E-state index in [0.717, 1.165) is 26.1 Å². The topological polar surface area (TPSA) is 81.7 Å². The van der Waals surface area contributed by atoms with E-state index < -0.39 is 5.97 Å². The zero-order valence-electron chi connectivity index (χ0n) is 12.8. The molecule has 1 saturated heterocycles. The van der Waals surface area contributed by atoms with Crippen molar-refractivity contribution in [2.45, 2.75) is 26.2 Å². The molecule has 0 aromatic rings. The number of carbonyl (C=O) groups excluding carboxylic acids is 1. The van der Waals surface area contributed by atoms with E-state index in [1.54, 1.807) is 0 Å². The third-order valence-corrected chi connectivity index (χ3v) is 4.53. The number of thioether (sulfide) groups is 1. The summed E-state index contributed by atoms with van der Waals surface area (Å²) in [6.45, 7) is 6.39. The van der Waals surface area contributed by atoms with E-state index in [4.69, 9.17) is 5.11 Å². The summed E-state index contributed by atoms with van der Waals surface area (Å²) in [6.07, 6.45) is 1.66. The lowest BCUT2D eigenvalue weighted by Gasteiger charge is -2.26. The minimum Gasteiger partial charge on any atom is -0.481 e. The number of aliphatic carboxylic acids is 1. The van der Waals surface area contributed by atoms with Gasteiger partial charge in [-0.15, -0.1) is 0 Å². The lowest BCUT2D eigenvalue weighted by Crippen LogP contribution is -2.42. The lowest BCUT2D eigenvalue weighted by atomic mass is 10.0. The highest BCUT2D eigenvalue weighted by Crippen LogP contribution is 2.09. The molecule has 1 fully saturated rings. The Morgan fingerprint density at radius 3 is 2.52 bits per heavy atom. The quantitative estimate of drug-likeness (QED) is 0.596. The minimum atomic E-state index is -0.760. The van der Waals surface area contributed by atoms with Gasteiger partial charge in [0.15, 0.2) is 0 Å². The van der Waals surface area contributed by atoms with Crippen LogP contribution in [-0.4, -0.2) is 66.2 Å². The van der Waals surface area contributed by atoms with Crippen molar-refractivity contribution in [1.82, 2.24) is 15.5 Å². The molecule has 0 spiro atoms. The van der Waals surface area contributed by atoms with E-state index in [9.17, 15) is 9.59 Å². The Morgan fingerprint density at radius 1 is 1.19 bits per heavy atom. The van der Waals surface area contributed by atoms with E-state index >= 15 is 0 Å². The van der Waals surface area contributed by atoms with Crippen LogP contribution in [0.5, 0.6) is 0 Å². The number of nitrogens with zero attached hydrogens (tertiary/aromatic N) is 1. The number of carbonyl (C=O) groups is 2. The molecule has 7 heteroatoms. The smallest absolute Gasteiger partial charge is 0.314 e. The molecule has 1 rings (SSSR count). The molecule has 0 aliphatic carbocycles. The van der Waals surface area contributed by atoms with Crippen molar-refractivity contribution < 1.29 is 14.7 Å². The molecule has 122 valence electrons. The average molecular weight is 317 g/mol. The summed E-state index contributed by atoms with van der Waals surface area (Å²) in [5.74, 6) is 1.91. The molecule has 1 aliphatic heterocycles. The highest BCUT2D eigenvalue weighted by atomic mass is 32.2. The van der Waals surface area contributed by atoms with Crippen LogP contribution in [0.2, 0.25) is 0 Å². The van der Waals surface area contributed by atoms with Gasteiger partial charge in [0.1, 0.15) is 0 Å². The summed E-state index contributed by atoms with van der Waals surface area (Å²) >= 11 is 1.98. The number of carboxylic acid groups (broad SMARTS) is 1. The number of carboxylic acids is 1. The predicted octanol–water partition coefficient (Wildman–Crippen LogP) is 1.23. The molecule has 2 amide bonds. The predicted molar refractivity (Wildman–Crippen MR) is 85.8 cm³/mol. The van der Waals surface area contributed by atoms with Gasteiger partial charge < -0.3 is 15.7 Å². The van der Waals surface area contributed by atoms with Gasteiger partial charge in [-0.2, -0.15) is 11.8 Å². The van der Waals surface area contributed by atoms with E-state index in [-0.39, 0.29) is 12.5 Å². The molecular formula is C14H27N3O3S. The monoisotopic (exact) mass is 317 g/mol. The van der Waals surface area contributed by atoms with Gasteiger partial charge >= 0.3 is 12.0 Å². The number of urea groups is 1. The molecule has 1 unspecified atom stereocenters. The first-order valence-corrected chi connectivity index (χ1v) is 8.77. The number of amides is 2. The zero-order chi connectivity index (χ0) is 15.5. The maximum atomic E-state index is 11.6. The van der Waals surface area contributed by atoms with Crippen LogP contribution in [0.1, 0.15) is 26.2 Å². The van der Waals surface area contributed by atoms with Crippen LogP contribution in [-0.2, 0) is 4.79 Å². The maximum Gasteiger partial charge on any atom is 0.314 e. The number of hydrogen-bond acceptors (Lipinski definition) is 4. The molecule has 0 aromatic heterocycles. The van der Waals surface area contributed by atoms with Gasteiger partial charge in [0.2, 0.25) is 0 Å². The van der Waals surface area contributed by atoms with E-state index in [1.807, 2.05) is 18.7 Å². The third kappa shape index (κ3) is 9.57. The summed E-state index contributed by atoms with van der Waals surface area (Å²) in [7, 11) is 0. The van der Waals surface area contributed by atoms with Crippen LogP contribution >= 0.6 is 11.8 Å². The first-order valence-electron chi connectivity index (χ1n) is 7.61. The summed E-state index contributed by atoms with van der Waals surface area (Å²) in [5.41, 5.74) is 0. The van der Waals surface area contributed by atoms with E-state index in [0.29, 0.717) is 25.4 Å². The molecule has 3 N–H and O–H groups in total. The van der Waals surface area contributed by atoms with Crippen molar-refractivity contribution in [3.05, 3.63) is 0 Å². The Morgan fingerprint density at radius 2 is 1.86 bits per heavy atom. The molecule has 0 aromatic carbocycles. The summed E-state index contributed by atoms with van der Waals surface area (Å²) in [5, 5.41) is 14.3. The molecule has 6 nitrogen and oxygen atoms in total. The Bertz CT molecular complexity index is 323. The largest absolute Gasteiger partial charge is 0.481 e. The SMILES string of the molecule is CC(CCNC(=O)NCCN1CCSCC1)CCC(=O)O. The summed E-state index contributed by atoms with van der Waals surface area (Å²) in [4.78, 5) is 24.4. The Balaban J connectivity index is 1.96. The van der Waals surface area contributed by atoms with Gasteiger partial charge in [-0.3, -0.25) is 9.69 Å². The number of nitrogens with one attached hydrogen (secondary N) is 2. The van der Waals surface area contributed by atoms with Crippen LogP contribution in [0.4, 0.5) is 4.79 Å². The van der Waals surface area contributed by atoms with Crippen molar-refractivity contribution >= 4 is 23.8 Å². The van der Waals surface area contributed by atoms with Gasteiger partial charge in [0.25, 0.3) is 0 Å². The van der Waals surface area contributed by atoms with Gasteiger partial charge in [-0.05, 0) is 18.8 Å². The van der Waals surface area contributed by atoms with Crippen molar-refractivity contribution in [2.24, 2.45) is 5.92 Å². The fourth-order valence-corrected chi connectivity index (χ4v) is 3.14. The minimum absolute atomic E-state index is 0.133. The standard InChI is InChI=1S/C14H27N3O3S/c1-12(2-3-13(18)19)4-5-15-14(20)16-6-7-17-8-10-21-11-9-17/h12H,2-11H2,1H3,(H,18,19)(H2,15,16,20). The van der Waals surface area contributed by atoms with E-state index in [1.165, 1.54) is 11.5 Å². The molecule has 1 heterocycles. The van der Waals surface area contributed by atoms with Crippen molar-refractivity contribution in [3.63, 3.8) is 0 Å². The zero-order valence-corrected chi connectivity index (χ0v) is 13.6. The van der Waals surface area contributed by atoms with Crippen molar-refractivity contribution in [2.75, 3.05) is 44.2 Å². The molecule has 0 radical (unpaired) electrons. The molecule has 0 saturated carbocycles. The van der Waals surface area contributed by atoms with Gasteiger partial charge in [0, 0.05) is 50.7 Å². The normalized spacial score (nSPS) is 17.2. The van der Waals surface area contributed by atoms with Gasteiger partial charge in [-0.1, -0.05) is 6.92 Å². The number of hydrogen-bond donors (Lipinski definition) is 3. The van der Waals surface area contributed by atoms with Crippen LogP contribution in [0.3, 0.4) is 0 Å². The Hall–Kier alpha value is -0.950. The van der Waals surface area contributed by atoms with E-state index in [2.05, 4.69) is 15.5 Å². The fourth-order valence-electron chi connectivity index (χ4n) is 2.16. The molecular weight excluding hydrogens is 290 g/mol. The molecule has 1 atom stereocenters. The summed E-state index contributed by atoms with van der Waals surface area (Å²) in [6, 6.07) is -0.133. The molecule has 1 aliphatic rings. The maximum absolute atomic E-state index is 11.6. The third-order valence-electron chi connectivity index (χ3n) is 3.59. The molecule has 21 heavy (non-hydrogen) atoms. The first kappa shape index (κ1) is 18.1. The molecule has 0 bridgehead atoms. The average Bonchev–Trinajstić information content (AvgIpc) is 2.46. The number of rotatable bonds is 9. The summed E-state index contributed by atoms with van der Waals surface area (Å²) < 4.78 is 0. The van der Waals surface area contributed by atoms with Crippen LogP contribution in [0.15, 0.2) is 0 Å². The van der Waals surface area contributed by atoms with Gasteiger partial charge in [-0.25, -0.2) is 4.79 Å². The van der Waals surface area contributed by atoms with Crippen LogP contribution in [0, 0.1) is 5.92 Å². The fraction of sp³-hybridized carbons (Fsp3) is 0.857. The second-order valence-corrected chi connectivity index (χ2v) is 6.69. The second kappa shape index (κ2) is 10.7. The van der Waals surface area contributed by atoms with Crippen LogP contribution < -0.4 is 10.6 Å². The van der Waals surface area contributed by atoms with Crippen LogP contribution in [0.25, 0.3) is 0 Å². The first-order chi connectivity index (χ1) is 10.1. The van der Waals surface area contributed by atoms with Crippen molar-refractivity contribution in [1.29, 1.82) is 0 Å². The highest BCUT2D eigenvalue weighted by Gasteiger charge is 2.10. The highest BCUT2D eigenvalue weighted by molar-refractivity contribution is 7.99. The second-order valence-electron chi connectivity index (χ2n) is 5.46. The van der Waals surface area contributed by atoms with Gasteiger partial charge in [0.05, 0.1) is 0 Å². The lowest BCUT2D eigenvalue weighted by molar-refractivity contribution is -0.137. The Kier molecular flexibility index (Phi) is 9.25. The van der Waals surface area contributed by atoms with Crippen molar-refractivity contribution in [3.8, 4) is 0 Å². The Labute approximate surface area is 131 Å².